The zero-order valence-corrected chi connectivity index (χ0v) is 10.6. The highest BCUT2D eigenvalue weighted by Gasteiger charge is 2.53. The van der Waals surface area contributed by atoms with Crippen LogP contribution in [0.1, 0.15) is 5.56 Å². The summed E-state index contributed by atoms with van der Waals surface area (Å²) in [5.41, 5.74) is 0.443. The van der Waals surface area contributed by atoms with E-state index >= 15 is 0 Å². The Morgan fingerprint density at radius 2 is 2.11 bits per heavy atom. The van der Waals surface area contributed by atoms with Crippen LogP contribution in [0.25, 0.3) is 0 Å². The Hall–Kier alpha value is -1.59. The van der Waals surface area contributed by atoms with Crippen molar-refractivity contribution in [3.05, 3.63) is 35.9 Å². The number of aliphatic hydroxyl groups is 1. The first kappa shape index (κ1) is 12.4. The van der Waals surface area contributed by atoms with E-state index < -0.39 is 5.54 Å². The van der Waals surface area contributed by atoms with Gasteiger partial charge >= 0.3 is 6.09 Å². The standard InChI is InChI=1S/C14H17NO4/c16-8-14-9-18-7-12(15(14)13(17)19-10-14)6-11-4-2-1-3-5-11/h1-5,12,16H,6-10H2/t12-,14+/m0/s1. The van der Waals surface area contributed by atoms with Crippen LogP contribution in [0.3, 0.4) is 0 Å². The summed E-state index contributed by atoms with van der Waals surface area (Å²) in [4.78, 5) is 13.6. The largest absolute Gasteiger partial charge is 0.447 e. The molecule has 0 aliphatic carbocycles. The average Bonchev–Trinajstić information content (AvgIpc) is 2.79. The lowest BCUT2D eigenvalue weighted by Crippen LogP contribution is -2.62. The fourth-order valence-electron chi connectivity index (χ4n) is 2.84. The van der Waals surface area contributed by atoms with Crippen LogP contribution in [0.5, 0.6) is 0 Å². The lowest BCUT2D eigenvalue weighted by molar-refractivity contribution is -0.0822. The van der Waals surface area contributed by atoms with Gasteiger partial charge in [-0.25, -0.2) is 4.79 Å². The van der Waals surface area contributed by atoms with Crippen molar-refractivity contribution in [1.82, 2.24) is 4.90 Å². The van der Waals surface area contributed by atoms with Gasteiger partial charge in [0.25, 0.3) is 0 Å². The molecule has 2 saturated heterocycles. The van der Waals surface area contributed by atoms with E-state index in [0.29, 0.717) is 19.6 Å². The number of fused-ring (bicyclic) bond motifs is 1. The SMILES string of the molecule is O=C1OC[C@@]2(CO)COC[C@H](Cc3ccccc3)N12. The Kier molecular flexibility index (Phi) is 3.16. The second-order valence-corrected chi connectivity index (χ2v) is 5.17. The third-order valence-electron chi connectivity index (χ3n) is 3.83. The normalized spacial score (nSPS) is 30.1. The second-order valence-electron chi connectivity index (χ2n) is 5.17. The first-order valence-electron chi connectivity index (χ1n) is 6.44. The zero-order chi connectivity index (χ0) is 13.3. The molecule has 0 saturated carbocycles. The number of cyclic esters (lactones) is 1. The number of morpholine rings is 1. The number of hydrogen-bond donors (Lipinski definition) is 1. The summed E-state index contributed by atoms with van der Waals surface area (Å²) in [5.74, 6) is 0. The predicted octanol–water partition coefficient (Wildman–Crippen LogP) is 0.811. The van der Waals surface area contributed by atoms with Crippen LogP contribution < -0.4 is 0 Å². The Morgan fingerprint density at radius 1 is 1.32 bits per heavy atom. The molecule has 2 fully saturated rings. The number of aliphatic hydroxyl groups excluding tert-OH is 1. The molecule has 102 valence electrons. The van der Waals surface area contributed by atoms with Crippen LogP contribution in [-0.4, -0.2) is 54.1 Å². The van der Waals surface area contributed by atoms with Gasteiger partial charge in [-0.2, -0.15) is 0 Å². The second kappa shape index (κ2) is 4.83. The molecule has 0 aromatic heterocycles. The van der Waals surface area contributed by atoms with E-state index in [4.69, 9.17) is 9.47 Å². The Balaban J connectivity index is 1.83. The van der Waals surface area contributed by atoms with Crippen LogP contribution in [0.4, 0.5) is 4.79 Å². The molecule has 1 N–H and O–H groups in total. The molecule has 2 heterocycles. The molecule has 2 aliphatic rings. The first-order valence-corrected chi connectivity index (χ1v) is 6.44. The summed E-state index contributed by atoms with van der Waals surface area (Å²) in [6.07, 6.45) is 0.357. The minimum absolute atomic E-state index is 0.0849. The smallest absolute Gasteiger partial charge is 0.410 e. The number of ether oxygens (including phenoxy) is 2. The van der Waals surface area contributed by atoms with Crippen LogP contribution in [0.15, 0.2) is 30.3 Å². The molecular weight excluding hydrogens is 246 g/mol. The molecule has 0 unspecified atom stereocenters. The van der Waals surface area contributed by atoms with E-state index in [0.717, 1.165) is 5.56 Å². The van der Waals surface area contributed by atoms with Crippen LogP contribution in [0.2, 0.25) is 0 Å². The number of amides is 1. The average molecular weight is 263 g/mol. The summed E-state index contributed by atoms with van der Waals surface area (Å²) < 4.78 is 10.7. The molecule has 1 aromatic rings. The molecule has 5 heteroatoms. The summed E-state index contributed by atoms with van der Waals surface area (Å²) in [6.45, 7) is 0.879. The molecule has 19 heavy (non-hydrogen) atoms. The molecule has 0 bridgehead atoms. The third kappa shape index (κ3) is 2.09. The van der Waals surface area contributed by atoms with Gasteiger partial charge < -0.3 is 14.6 Å². The Morgan fingerprint density at radius 3 is 2.84 bits per heavy atom. The van der Waals surface area contributed by atoms with Gasteiger partial charge in [0, 0.05) is 0 Å². The molecular formula is C14H17NO4. The van der Waals surface area contributed by atoms with Crippen molar-refractivity contribution in [1.29, 1.82) is 0 Å². The van der Waals surface area contributed by atoms with Gasteiger partial charge in [-0.05, 0) is 12.0 Å². The lowest BCUT2D eigenvalue weighted by Gasteiger charge is -2.43. The predicted molar refractivity (Wildman–Crippen MR) is 67.8 cm³/mol. The molecule has 2 aliphatic heterocycles. The van der Waals surface area contributed by atoms with E-state index in [-0.39, 0.29) is 25.3 Å². The Bertz CT molecular complexity index is 464. The maximum absolute atomic E-state index is 11.9. The van der Waals surface area contributed by atoms with Gasteiger partial charge in [-0.3, -0.25) is 4.90 Å². The highest BCUT2D eigenvalue weighted by Crippen LogP contribution is 2.32. The molecule has 3 rings (SSSR count). The summed E-state index contributed by atoms with van der Waals surface area (Å²) in [7, 11) is 0. The van der Waals surface area contributed by atoms with Crippen molar-refractivity contribution in [3.8, 4) is 0 Å². The van der Waals surface area contributed by atoms with Crippen molar-refractivity contribution in [2.75, 3.05) is 26.4 Å². The van der Waals surface area contributed by atoms with Crippen molar-refractivity contribution >= 4 is 6.09 Å². The maximum atomic E-state index is 11.9. The quantitative estimate of drug-likeness (QED) is 0.876. The van der Waals surface area contributed by atoms with Gasteiger partial charge in [0.15, 0.2) is 0 Å². The van der Waals surface area contributed by atoms with E-state index in [1.54, 1.807) is 4.90 Å². The Labute approximate surface area is 111 Å². The monoisotopic (exact) mass is 263 g/mol. The van der Waals surface area contributed by atoms with Crippen LogP contribution >= 0.6 is 0 Å². The van der Waals surface area contributed by atoms with Gasteiger partial charge in [-0.15, -0.1) is 0 Å². The highest BCUT2D eigenvalue weighted by atomic mass is 16.6. The number of nitrogens with zero attached hydrogens (tertiary/aromatic N) is 1. The van der Waals surface area contributed by atoms with E-state index in [1.807, 2.05) is 30.3 Å². The molecule has 2 atom stereocenters. The summed E-state index contributed by atoms with van der Waals surface area (Å²) >= 11 is 0. The fourth-order valence-corrected chi connectivity index (χ4v) is 2.84. The topological polar surface area (TPSA) is 59.0 Å². The van der Waals surface area contributed by atoms with Crippen molar-refractivity contribution < 1.29 is 19.4 Å². The van der Waals surface area contributed by atoms with Crippen molar-refractivity contribution in [2.24, 2.45) is 0 Å². The number of rotatable bonds is 3. The van der Waals surface area contributed by atoms with Crippen LogP contribution in [-0.2, 0) is 15.9 Å². The van der Waals surface area contributed by atoms with E-state index in [9.17, 15) is 9.90 Å². The minimum atomic E-state index is -0.700. The van der Waals surface area contributed by atoms with Crippen molar-refractivity contribution in [2.45, 2.75) is 18.0 Å². The van der Waals surface area contributed by atoms with Gasteiger partial charge in [0.1, 0.15) is 12.1 Å². The summed E-state index contributed by atoms with van der Waals surface area (Å²) in [5, 5.41) is 9.60. The molecule has 1 amide bonds. The maximum Gasteiger partial charge on any atom is 0.410 e. The highest BCUT2D eigenvalue weighted by molar-refractivity contribution is 5.72. The fraction of sp³-hybridized carbons (Fsp3) is 0.500. The van der Waals surface area contributed by atoms with Crippen LogP contribution in [0, 0.1) is 0 Å². The van der Waals surface area contributed by atoms with Gasteiger partial charge in [-0.1, -0.05) is 30.3 Å². The van der Waals surface area contributed by atoms with Crippen molar-refractivity contribution in [3.63, 3.8) is 0 Å². The molecule has 5 nitrogen and oxygen atoms in total. The molecule has 0 spiro atoms. The number of carbonyl (C=O) groups excluding carboxylic acids is 1. The number of carbonyl (C=O) groups is 1. The number of benzene rings is 1. The first-order chi connectivity index (χ1) is 9.25. The third-order valence-corrected chi connectivity index (χ3v) is 3.83. The van der Waals surface area contributed by atoms with E-state index in [2.05, 4.69) is 0 Å². The lowest BCUT2D eigenvalue weighted by atomic mass is 9.95. The van der Waals surface area contributed by atoms with E-state index in [1.165, 1.54) is 0 Å². The summed E-state index contributed by atoms with van der Waals surface area (Å²) in [6, 6.07) is 9.87. The zero-order valence-electron chi connectivity index (χ0n) is 10.6. The molecule has 1 aromatic carbocycles. The number of hydrogen-bond acceptors (Lipinski definition) is 4. The van der Waals surface area contributed by atoms with Gasteiger partial charge in [0.05, 0.1) is 25.9 Å². The molecule has 0 radical (unpaired) electrons. The van der Waals surface area contributed by atoms with Gasteiger partial charge in [0.2, 0.25) is 0 Å². The minimum Gasteiger partial charge on any atom is -0.447 e.